The molecule has 3 aliphatic rings. The average Bonchev–Trinajstić information content (AvgIpc) is 2.76. The van der Waals surface area contributed by atoms with Crippen LogP contribution in [0.3, 0.4) is 0 Å². The van der Waals surface area contributed by atoms with Gasteiger partial charge in [0.2, 0.25) is 0 Å². The van der Waals surface area contributed by atoms with Crippen LogP contribution < -0.4 is 0 Å². The number of carbonyl (C=O) groups is 1. The molecular formula is C16H26O2. The van der Waals surface area contributed by atoms with E-state index in [-0.39, 0.29) is 6.47 Å². The van der Waals surface area contributed by atoms with Crippen molar-refractivity contribution in [3.63, 3.8) is 0 Å². The predicted octanol–water partition coefficient (Wildman–Crippen LogP) is 4.12. The van der Waals surface area contributed by atoms with Gasteiger partial charge in [0.05, 0.1) is 0 Å². The average molecular weight is 250 g/mol. The summed E-state index contributed by atoms with van der Waals surface area (Å²) in [4.78, 5) is 8.36. The summed E-state index contributed by atoms with van der Waals surface area (Å²) < 4.78 is 0. The molecule has 0 heterocycles. The van der Waals surface area contributed by atoms with Crippen molar-refractivity contribution in [2.45, 2.75) is 52.9 Å². The second-order valence-electron chi connectivity index (χ2n) is 7.21. The molecular weight excluding hydrogens is 224 g/mol. The van der Waals surface area contributed by atoms with E-state index in [9.17, 15) is 0 Å². The first-order chi connectivity index (χ1) is 8.38. The van der Waals surface area contributed by atoms with E-state index in [4.69, 9.17) is 9.90 Å². The topological polar surface area (TPSA) is 37.3 Å². The minimum Gasteiger partial charge on any atom is -0.483 e. The molecule has 2 nitrogen and oxygen atoms in total. The van der Waals surface area contributed by atoms with Crippen molar-refractivity contribution in [3.05, 3.63) is 12.2 Å². The maximum Gasteiger partial charge on any atom is 0.290 e. The third-order valence-corrected chi connectivity index (χ3v) is 6.07. The van der Waals surface area contributed by atoms with Gasteiger partial charge in [-0.05, 0) is 54.3 Å². The molecule has 0 aromatic rings. The van der Waals surface area contributed by atoms with Gasteiger partial charge in [0, 0.05) is 0 Å². The highest BCUT2D eigenvalue weighted by atomic mass is 16.3. The Balaban J connectivity index is 0.000000367. The summed E-state index contributed by atoms with van der Waals surface area (Å²) in [5.41, 5.74) is 2.71. The third-order valence-electron chi connectivity index (χ3n) is 6.07. The van der Waals surface area contributed by atoms with Crippen LogP contribution >= 0.6 is 0 Å². The summed E-state index contributed by atoms with van der Waals surface area (Å²) >= 11 is 0. The molecule has 102 valence electrons. The fourth-order valence-corrected chi connectivity index (χ4v) is 5.28. The van der Waals surface area contributed by atoms with Crippen molar-refractivity contribution in [3.8, 4) is 0 Å². The molecule has 3 rings (SSSR count). The highest BCUT2D eigenvalue weighted by Gasteiger charge is 2.61. The van der Waals surface area contributed by atoms with Crippen LogP contribution in [0.25, 0.3) is 0 Å². The van der Waals surface area contributed by atoms with Crippen molar-refractivity contribution in [1.29, 1.82) is 0 Å². The number of rotatable bonds is 0. The molecule has 0 saturated heterocycles. The normalized spacial score (nSPS) is 43.9. The summed E-state index contributed by atoms with van der Waals surface area (Å²) in [6.07, 6.45) is 7.18. The minimum absolute atomic E-state index is 0.250. The summed E-state index contributed by atoms with van der Waals surface area (Å²) in [5, 5.41) is 6.89. The second kappa shape index (κ2) is 4.40. The van der Waals surface area contributed by atoms with E-state index >= 15 is 0 Å². The van der Waals surface area contributed by atoms with E-state index in [1.54, 1.807) is 5.57 Å². The van der Waals surface area contributed by atoms with Gasteiger partial charge in [-0.3, -0.25) is 4.79 Å². The molecule has 1 N–H and O–H groups in total. The Morgan fingerprint density at radius 3 is 2.50 bits per heavy atom. The maximum absolute atomic E-state index is 8.36. The Labute approximate surface area is 110 Å². The van der Waals surface area contributed by atoms with Crippen molar-refractivity contribution in [2.24, 2.45) is 28.6 Å². The standard InChI is InChI=1S/C15H24.CH2O2/c1-10-11-6-7-12-13(11)14(2,3)8-5-9-15(10,12)4;2-1-3/h11-13H,1,5-9H2,2-4H3;1H,(H,2,3). The number of allylic oxidation sites excluding steroid dienone is 1. The molecule has 3 fully saturated rings. The molecule has 0 aliphatic heterocycles. The zero-order chi connectivity index (χ0) is 13.6. The van der Waals surface area contributed by atoms with Gasteiger partial charge < -0.3 is 5.11 Å². The van der Waals surface area contributed by atoms with Gasteiger partial charge in [-0.2, -0.15) is 0 Å². The lowest BCUT2D eigenvalue weighted by atomic mass is 9.69. The highest BCUT2D eigenvalue weighted by molar-refractivity contribution is 5.32. The van der Waals surface area contributed by atoms with Gasteiger partial charge in [0.25, 0.3) is 6.47 Å². The van der Waals surface area contributed by atoms with Gasteiger partial charge in [-0.15, -0.1) is 0 Å². The van der Waals surface area contributed by atoms with Crippen LogP contribution in [-0.4, -0.2) is 11.6 Å². The van der Waals surface area contributed by atoms with E-state index in [1.165, 1.54) is 32.1 Å². The maximum atomic E-state index is 8.36. The lowest BCUT2D eigenvalue weighted by Gasteiger charge is -2.35. The Bertz CT molecular complexity index is 358. The molecule has 4 unspecified atom stereocenters. The smallest absolute Gasteiger partial charge is 0.290 e. The van der Waals surface area contributed by atoms with E-state index in [0.717, 1.165) is 17.8 Å². The zero-order valence-corrected chi connectivity index (χ0v) is 11.9. The Hall–Kier alpha value is -0.790. The summed E-state index contributed by atoms with van der Waals surface area (Å²) in [7, 11) is 0. The molecule has 4 bridgehead atoms. The summed E-state index contributed by atoms with van der Waals surface area (Å²) in [6, 6.07) is 0. The van der Waals surface area contributed by atoms with Crippen LogP contribution in [0.2, 0.25) is 0 Å². The molecule has 0 aromatic carbocycles. The predicted molar refractivity (Wildman–Crippen MR) is 73.3 cm³/mol. The van der Waals surface area contributed by atoms with Crippen molar-refractivity contribution < 1.29 is 9.90 Å². The molecule has 0 radical (unpaired) electrons. The molecule has 0 aromatic heterocycles. The zero-order valence-electron chi connectivity index (χ0n) is 11.9. The molecule has 0 amide bonds. The fourth-order valence-electron chi connectivity index (χ4n) is 5.28. The molecule has 3 aliphatic carbocycles. The lowest BCUT2D eigenvalue weighted by molar-refractivity contribution is -0.122. The molecule has 18 heavy (non-hydrogen) atoms. The molecule has 2 heteroatoms. The second-order valence-corrected chi connectivity index (χ2v) is 7.21. The number of hydrogen-bond donors (Lipinski definition) is 1. The largest absolute Gasteiger partial charge is 0.483 e. The van der Waals surface area contributed by atoms with Gasteiger partial charge in [0.15, 0.2) is 0 Å². The van der Waals surface area contributed by atoms with E-state index in [1.807, 2.05) is 0 Å². The molecule has 3 saturated carbocycles. The number of hydrogen-bond acceptors (Lipinski definition) is 1. The van der Waals surface area contributed by atoms with Crippen LogP contribution in [0.15, 0.2) is 12.2 Å². The monoisotopic (exact) mass is 250 g/mol. The van der Waals surface area contributed by atoms with Crippen molar-refractivity contribution in [1.82, 2.24) is 0 Å². The quantitative estimate of drug-likeness (QED) is 0.519. The van der Waals surface area contributed by atoms with Crippen molar-refractivity contribution >= 4 is 6.47 Å². The first kappa shape index (κ1) is 13.6. The highest BCUT2D eigenvalue weighted by Crippen LogP contribution is 2.70. The fraction of sp³-hybridized carbons (Fsp3) is 0.812. The van der Waals surface area contributed by atoms with E-state index in [0.29, 0.717) is 10.8 Å². The first-order valence-corrected chi connectivity index (χ1v) is 7.15. The van der Waals surface area contributed by atoms with E-state index < -0.39 is 0 Å². The molecule has 0 spiro atoms. The Kier molecular flexibility index (Phi) is 3.33. The van der Waals surface area contributed by atoms with Crippen LogP contribution in [0.4, 0.5) is 0 Å². The van der Waals surface area contributed by atoms with Gasteiger partial charge in [0.1, 0.15) is 0 Å². The summed E-state index contributed by atoms with van der Waals surface area (Å²) in [5.74, 6) is 2.79. The summed E-state index contributed by atoms with van der Waals surface area (Å²) in [6.45, 7) is 11.7. The lowest BCUT2D eigenvalue weighted by Crippen LogP contribution is -2.28. The van der Waals surface area contributed by atoms with E-state index in [2.05, 4.69) is 27.4 Å². The first-order valence-electron chi connectivity index (χ1n) is 7.15. The van der Waals surface area contributed by atoms with Crippen LogP contribution in [0.1, 0.15) is 52.9 Å². The SMILES string of the molecule is C=C1C2CCC3C2C(C)(C)CCCC13C.O=CO. The third kappa shape index (κ3) is 1.72. The minimum atomic E-state index is -0.250. The van der Waals surface area contributed by atoms with Crippen LogP contribution in [0, 0.1) is 28.6 Å². The Morgan fingerprint density at radius 2 is 1.89 bits per heavy atom. The van der Waals surface area contributed by atoms with Gasteiger partial charge in [-0.25, -0.2) is 0 Å². The van der Waals surface area contributed by atoms with Gasteiger partial charge in [-0.1, -0.05) is 39.3 Å². The molecule has 4 atom stereocenters. The van der Waals surface area contributed by atoms with Crippen LogP contribution in [-0.2, 0) is 4.79 Å². The van der Waals surface area contributed by atoms with Crippen molar-refractivity contribution in [2.75, 3.05) is 0 Å². The number of carboxylic acid groups (broad SMARTS) is 1. The van der Waals surface area contributed by atoms with Crippen LogP contribution in [0.5, 0.6) is 0 Å². The van der Waals surface area contributed by atoms with Gasteiger partial charge >= 0.3 is 0 Å². The Morgan fingerprint density at radius 1 is 1.28 bits per heavy atom.